The molecule has 0 saturated heterocycles. The van der Waals surface area contributed by atoms with Gasteiger partial charge < -0.3 is 4.57 Å². The van der Waals surface area contributed by atoms with Crippen molar-refractivity contribution in [2.75, 3.05) is 0 Å². The molecule has 1 aliphatic carbocycles. The lowest BCUT2D eigenvalue weighted by atomic mass is 9.87. The molecule has 1 unspecified atom stereocenters. The third kappa shape index (κ3) is 1.48. The van der Waals surface area contributed by atoms with E-state index in [1.54, 1.807) is 0 Å². The van der Waals surface area contributed by atoms with Gasteiger partial charge >= 0.3 is 0 Å². The molecule has 0 saturated carbocycles. The molecule has 0 aliphatic heterocycles. The Morgan fingerprint density at radius 3 is 2.94 bits per heavy atom. The Bertz CT molecular complexity index is 627. The second-order valence-corrected chi connectivity index (χ2v) is 5.77. The molecule has 1 aromatic carbocycles. The first kappa shape index (κ1) is 11.0. The molecule has 3 rings (SSSR count). The molecule has 2 aromatic rings. The summed E-state index contributed by atoms with van der Waals surface area (Å²) in [5, 5.41) is 1.22. The molecule has 88 valence electrons. The molecule has 1 atom stereocenters. The Labute approximate surface area is 109 Å². The second kappa shape index (κ2) is 3.70. The van der Waals surface area contributed by atoms with Gasteiger partial charge in [0.25, 0.3) is 0 Å². The van der Waals surface area contributed by atoms with E-state index in [1.165, 1.54) is 10.9 Å². The molecule has 1 heterocycles. The number of hydrogen-bond acceptors (Lipinski definition) is 1. The van der Waals surface area contributed by atoms with E-state index in [0.29, 0.717) is 5.78 Å². The molecule has 1 aromatic heterocycles. The number of aromatic nitrogens is 1. The van der Waals surface area contributed by atoms with Gasteiger partial charge in [0.1, 0.15) is 0 Å². The van der Waals surface area contributed by atoms with E-state index in [1.807, 2.05) is 20.0 Å². The lowest BCUT2D eigenvalue weighted by Crippen LogP contribution is -2.21. The van der Waals surface area contributed by atoms with Crippen LogP contribution in [0.2, 0.25) is 0 Å². The van der Waals surface area contributed by atoms with E-state index in [9.17, 15) is 4.79 Å². The summed E-state index contributed by atoms with van der Waals surface area (Å²) >= 11 is 3.50. The largest absolute Gasteiger partial charge is 0.341 e. The maximum Gasteiger partial charge on any atom is 0.182 e. The Morgan fingerprint density at radius 1 is 1.41 bits per heavy atom. The standard InChI is InChI=1S/C14H14BrNO/c1-8-3-5-10-11-7-9(15)4-6-12(11)16(2)13(10)14(8)17/h4,6-8H,3,5H2,1-2H3. The van der Waals surface area contributed by atoms with Crippen LogP contribution >= 0.6 is 15.9 Å². The van der Waals surface area contributed by atoms with Crippen molar-refractivity contribution in [2.45, 2.75) is 19.8 Å². The Kier molecular flexibility index (Phi) is 2.40. The highest BCUT2D eigenvalue weighted by Crippen LogP contribution is 2.34. The number of rotatable bonds is 0. The first-order chi connectivity index (χ1) is 8.09. The number of nitrogens with zero attached hydrogens (tertiary/aromatic N) is 1. The van der Waals surface area contributed by atoms with Crippen molar-refractivity contribution >= 4 is 32.6 Å². The SMILES string of the molecule is CC1CCc2c(n(C)c3ccc(Br)cc23)C1=O. The zero-order valence-corrected chi connectivity index (χ0v) is 11.5. The lowest BCUT2D eigenvalue weighted by molar-refractivity contribution is 0.0905. The molecular weight excluding hydrogens is 278 g/mol. The average Bonchev–Trinajstić information content (AvgIpc) is 2.58. The molecule has 0 fully saturated rings. The van der Waals surface area contributed by atoms with E-state index in [2.05, 4.69) is 32.6 Å². The molecule has 3 heteroatoms. The summed E-state index contributed by atoms with van der Waals surface area (Å²) in [5.41, 5.74) is 3.30. The highest BCUT2D eigenvalue weighted by molar-refractivity contribution is 9.10. The van der Waals surface area contributed by atoms with Crippen LogP contribution in [0, 0.1) is 5.92 Å². The van der Waals surface area contributed by atoms with Crippen LogP contribution in [0.5, 0.6) is 0 Å². The maximum atomic E-state index is 12.3. The second-order valence-electron chi connectivity index (χ2n) is 4.85. The molecular formula is C14H14BrNO. The van der Waals surface area contributed by atoms with Crippen molar-refractivity contribution < 1.29 is 4.79 Å². The number of halogens is 1. The summed E-state index contributed by atoms with van der Waals surface area (Å²) in [6, 6.07) is 6.23. The van der Waals surface area contributed by atoms with Crippen LogP contribution in [0.1, 0.15) is 29.4 Å². The van der Waals surface area contributed by atoms with E-state index >= 15 is 0 Å². The molecule has 0 amide bonds. The Morgan fingerprint density at radius 2 is 2.18 bits per heavy atom. The molecule has 0 bridgehead atoms. The van der Waals surface area contributed by atoms with Gasteiger partial charge in [0.15, 0.2) is 5.78 Å². The monoisotopic (exact) mass is 291 g/mol. The van der Waals surface area contributed by atoms with Crippen molar-refractivity contribution in [3.05, 3.63) is 33.9 Å². The van der Waals surface area contributed by atoms with Crippen LogP contribution in [0.25, 0.3) is 10.9 Å². The minimum absolute atomic E-state index is 0.161. The number of Topliss-reactive ketones (excluding diaryl/α,β-unsaturated/α-hetero) is 1. The third-order valence-corrected chi connectivity index (χ3v) is 4.27. The Balaban J connectivity index is 2.39. The van der Waals surface area contributed by atoms with E-state index < -0.39 is 0 Å². The van der Waals surface area contributed by atoms with Gasteiger partial charge in [-0.25, -0.2) is 0 Å². The van der Waals surface area contributed by atoms with Crippen LogP contribution in [-0.2, 0) is 13.5 Å². The lowest BCUT2D eigenvalue weighted by Gasteiger charge is -2.18. The van der Waals surface area contributed by atoms with E-state index in [4.69, 9.17) is 0 Å². The molecule has 0 radical (unpaired) electrons. The maximum absolute atomic E-state index is 12.3. The number of carbonyl (C=O) groups excluding carboxylic acids is 1. The fourth-order valence-electron chi connectivity index (χ4n) is 2.79. The Hall–Kier alpha value is -1.09. The number of aryl methyl sites for hydroxylation is 2. The van der Waals surface area contributed by atoms with Crippen molar-refractivity contribution in [2.24, 2.45) is 13.0 Å². The van der Waals surface area contributed by atoms with E-state index in [0.717, 1.165) is 28.5 Å². The fourth-order valence-corrected chi connectivity index (χ4v) is 3.15. The number of hydrogen-bond donors (Lipinski definition) is 0. The minimum atomic E-state index is 0.161. The number of benzene rings is 1. The van der Waals surface area contributed by atoms with Gasteiger partial charge in [0, 0.05) is 28.3 Å². The summed E-state index contributed by atoms with van der Waals surface area (Å²) in [5.74, 6) is 0.454. The summed E-state index contributed by atoms with van der Waals surface area (Å²) < 4.78 is 3.12. The smallest absolute Gasteiger partial charge is 0.182 e. The van der Waals surface area contributed by atoms with Crippen molar-refractivity contribution in [3.8, 4) is 0 Å². The zero-order chi connectivity index (χ0) is 12.2. The molecule has 0 spiro atoms. The van der Waals surface area contributed by atoms with Crippen LogP contribution in [0.3, 0.4) is 0 Å². The van der Waals surface area contributed by atoms with Gasteiger partial charge in [0.05, 0.1) is 5.69 Å². The summed E-state index contributed by atoms with van der Waals surface area (Å²) in [6.07, 6.45) is 1.98. The van der Waals surface area contributed by atoms with E-state index in [-0.39, 0.29) is 5.92 Å². The van der Waals surface area contributed by atoms with Gasteiger partial charge in [-0.2, -0.15) is 0 Å². The van der Waals surface area contributed by atoms with Crippen LogP contribution in [0.15, 0.2) is 22.7 Å². The highest BCUT2D eigenvalue weighted by Gasteiger charge is 2.29. The summed E-state index contributed by atoms with van der Waals surface area (Å²) in [6.45, 7) is 2.03. The van der Waals surface area contributed by atoms with Crippen LogP contribution in [-0.4, -0.2) is 10.4 Å². The zero-order valence-electron chi connectivity index (χ0n) is 9.96. The molecule has 2 nitrogen and oxygen atoms in total. The van der Waals surface area contributed by atoms with Crippen molar-refractivity contribution in [1.29, 1.82) is 0 Å². The predicted octanol–water partition coefficient (Wildman–Crippen LogP) is 3.71. The molecule has 0 N–H and O–H groups in total. The van der Waals surface area contributed by atoms with Crippen molar-refractivity contribution in [1.82, 2.24) is 4.57 Å². The average molecular weight is 292 g/mol. The topological polar surface area (TPSA) is 22.0 Å². The van der Waals surface area contributed by atoms with Gasteiger partial charge in [-0.15, -0.1) is 0 Å². The first-order valence-corrected chi connectivity index (χ1v) is 6.70. The number of fused-ring (bicyclic) bond motifs is 3. The van der Waals surface area contributed by atoms with Gasteiger partial charge in [-0.3, -0.25) is 4.79 Å². The molecule has 1 aliphatic rings. The first-order valence-electron chi connectivity index (χ1n) is 5.90. The highest BCUT2D eigenvalue weighted by atomic mass is 79.9. The van der Waals surface area contributed by atoms with Gasteiger partial charge in [-0.1, -0.05) is 22.9 Å². The van der Waals surface area contributed by atoms with Gasteiger partial charge in [0.2, 0.25) is 0 Å². The normalized spacial score (nSPS) is 19.7. The van der Waals surface area contributed by atoms with Crippen molar-refractivity contribution in [3.63, 3.8) is 0 Å². The fraction of sp³-hybridized carbons (Fsp3) is 0.357. The van der Waals surface area contributed by atoms with Crippen LogP contribution in [0.4, 0.5) is 0 Å². The predicted molar refractivity (Wildman–Crippen MR) is 72.4 cm³/mol. The van der Waals surface area contributed by atoms with Crippen LogP contribution < -0.4 is 0 Å². The number of carbonyl (C=O) groups is 1. The quantitative estimate of drug-likeness (QED) is 0.725. The minimum Gasteiger partial charge on any atom is -0.341 e. The summed E-state index contributed by atoms with van der Waals surface area (Å²) in [4.78, 5) is 12.3. The van der Waals surface area contributed by atoms with Gasteiger partial charge in [-0.05, 0) is 36.6 Å². The number of ketones is 1. The third-order valence-electron chi connectivity index (χ3n) is 3.77. The summed E-state index contributed by atoms with van der Waals surface area (Å²) in [7, 11) is 1.99. The molecule has 17 heavy (non-hydrogen) atoms.